The van der Waals surface area contributed by atoms with E-state index in [1.165, 1.54) is 0 Å². The molecule has 4 aromatic heterocycles. The van der Waals surface area contributed by atoms with E-state index >= 15 is 0 Å². The molecule has 9 nitrogen and oxygen atoms in total. The van der Waals surface area contributed by atoms with Crippen LogP contribution < -0.4 is 9.47 Å². The van der Waals surface area contributed by atoms with E-state index in [1.54, 1.807) is 12.4 Å². The Balaban J connectivity index is 0.00000224. The number of pyridine rings is 2. The summed E-state index contributed by atoms with van der Waals surface area (Å²) in [4.78, 5) is 8.88. The topological polar surface area (TPSA) is 101 Å². The van der Waals surface area contributed by atoms with E-state index in [9.17, 15) is 0 Å². The predicted molar refractivity (Wildman–Crippen MR) is 185 cm³/mol. The summed E-state index contributed by atoms with van der Waals surface area (Å²) in [5, 5.41) is 19.6. The van der Waals surface area contributed by atoms with E-state index in [4.69, 9.17) is 9.47 Å². The van der Waals surface area contributed by atoms with Crippen LogP contribution in [0.4, 0.5) is 0 Å². The van der Waals surface area contributed by atoms with E-state index in [0.29, 0.717) is 39.9 Å². The molecule has 254 valence electrons. The molecule has 4 heterocycles. The van der Waals surface area contributed by atoms with Crippen LogP contribution in [0, 0.1) is 24.3 Å². The summed E-state index contributed by atoms with van der Waals surface area (Å²) in [6, 6.07) is 44.1. The summed E-state index contributed by atoms with van der Waals surface area (Å²) in [7, 11) is 0. The monoisotopic (exact) mass is 849 g/mol. The molecule has 0 aliphatic heterocycles. The van der Waals surface area contributed by atoms with Gasteiger partial charge in [-0.05, 0) is 23.5 Å². The van der Waals surface area contributed by atoms with E-state index in [0.717, 1.165) is 33.3 Å². The maximum Gasteiger partial charge on any atom is 2.00 e. The molecule has 0 saturated heterocycles. The van der Waals surface area contributed by atoms with Gasteiger partial charge in [0.05, 0.1) is 0 Å². The molecular weight excluding hydrogens is 823 g/mol. The normalized spacial score (nSPS) is 11.1. The van der Waals surface area contributed by atoms with Crippen molar-refractivity contribution in [3.05, 3.63) is 140 Å². The van der Waals surface area contributed by atoms with Crippen molar-refractivity contribution >= 4 is 21.8 Å². The molecule has 8 rings (SSSR count). The first-order valence-corrected chi connectivity index (χ1v) is 15.6. The molecule has 0 saturated carbocycles. The summed E-state index contributed by atoms with van der Waals surface area (Å²) in [5.74, 6) is 2.82. The molecule has 0 fully saturated rings. The van der Waals surface area contributed by atoms with Gasteiger partial charge in [0.25, 0.3) is 5.95 Å². The van der Waals surface area contributed by atoms with E-state index < -0.39 is 0 Å². The van der Waals surface area contributed by atoms with E-state index in [2.05, 4.69) is 54.6 Å². The fraction of sp³-hybridized carbons (Fsp3) is 0.100. The number of aromatic nitrogens is 7. The quantitative estimate of drug-likeness (QED) is 0.116. The van der Waals surface area contributed by atoms with Crippen molar-refractivity contribution in [2.45, 2.75) is 26.2 Å². The second-order valence-electron chi connectivity index (χ2n) is 12.3. The molecule has 0 spiro atoms. The minimum atomic E-state index is -0.319. The Morgan fingerprint density at radius 1 is 0.510 bits per heavy atom. The van der Waals surface area contributed by atoms with Crippen molar-refractivity contribution in [1.29, 1.82) is 0 Å². The Bertz CT molecular complexity index is 2290. The number of hydrogen-bond donors (Lipinski definition) is 0. The van der Waals surface area contributed by atoms with E-state index in [-0.39, 0.29) is 52.2 Å². The second-order valence-corrected chi connectivity index (χ2v) is 12.3. The van der Waals surface area contributed by atoms with Gasteiger partial charge in [0, 0.05) is 40.8 Å². The Morgan fingerprint density at radius 2 is 0.980 bits per heavy atom. The average Bonchev–Trinajstić information content (AvgIpc) is 3.45. The van der Waals surface area contributed by atoms with Gasteiger partial charge < -0.3 is 24.0 Å². The van der Waals surface area contributed by atoms with Gasteiger partial charge in [0.1, 0.15) is 0 Å². The first kappa shape index (κ1) is 35.7. The van der Waals surface area contributed by atoms with Crippen LogP contribution in [0.2, 0.25) is 0 Å². The molecule has 0 bridgehead atoms. The molecule has 0 amide bonds. The molecule has 0 aliphatic rings. The molecule has 0 N–H and O–H groups in total. The van der Waals surface area contributed by atoms with Crippen molar-refractivity contribution in [1.82, 2.24) is 34.9 Å². The number of nitrogens with zero attached hydrogens (tertiary/aromatic N) is 7. The predicted octanol–water partition coefficient (Wildman–Crippen LogP) is 8.57. The van der Waals surface area contributed by atoms with Crippen LogP contribution in [-0.4, -0.2) is 34.9 Å². The van der Waals surface area contributed by atoms with Crippen LogP contribution in [0.1, 0.15) is 26.6 Å². The number of rotatable bonds is 7. The number of fused-ring (bicyclic) bond motifs is 3. The Labute approximate surface area is 322 Å². The third-order valence-electron chi connectivity index (χ3n) is 7.73. The first-order valence-electron chi connectivity index (χ1n) is 15.6. The summed E-state index contributed by atoms with van der Waals surface area (Å²) in [6.45, 7) is 6.04. The molecule has 51 heavy (non-hydrogen) atoms. The minimum absolute atomic E-state index is 0. The third-order valence-corrected chi connectivity index (χ3v) is 7.73. The van der Waals surface area contributed by atoms with Crippen LogP contribution >= 0.6 is 0 Å². The van der Waals surface area contributed by atoms with Crippen LogP contribution in [-0.2, 0) is 46.3 Å². The number of benzene rings is 4. The second kappa shape index (κ2) is 15.0. The molecule has 0 unspecified atom stereocenters. The van der Waals surface area contributed by atoms with Crippen molar-refractivity contribution < 1.29 is 50.3 Å². The SMILES string of the molecule is CC(C)(C)c1nnc(-n2c3[c-]c(Oc4[c-]c(-c5ccccn5)ccc4)ccc3c3ccc(Oc4[c-]c(-c5ccccn5)ccc4)[c-]c32)nn1.[Pd+2].[Pd+2]. The van der Waals surface area contributed by atoms with Crippen LogP contribution in [0.3, 0.4) is 0 Å². The Hall–Kier alpha value is -5.16. The molecule has 0 radical (unpaired) electrons. The van der Waals surface area contributed by atoms with Gasteiger partial charge in [-0.3, -0.25) is 0 Å². The fourth-order valence-electron chi connectivity index (χ4n) is 5.35. The minimum Gasteiger partial charge on any atom is -0.503 e. The largest absolute Gasteiger partial charge is 2.00 e. The smallest absolute Gasteiger partial charge is 0.503 e. The van der Waals surface area contributed by atoms with Gasteiger partial charge >= 0.3 is 40.8 Å². The molecule has 8 aromatic rings. The van der Waals surface area contributed by atoms with Crippen LogP contribution in [0.5, 0.6) is 23.0 Å². The summed E-state index contributed by atoms with van der Waals surface area (Å²) >= 11 is 0. The van der Waals surface area contributed by atoms with Crippen LogP contribution in [0.25, 0.3) is 50.3 Å². The summed E-state index contributed by atoms with van der Waals surface area (Å²) in [6.07, 6.45) is 3.50. The number of hydrogen-bond acceptors (Lipinski definition) is 8. The first-order chi connectivity index (χ1) is 23.9. The average molecular weight is 851 g/mol. The van der Waals surface area contributed by atoms with Gasteiger partial charge in [-0.2, -0.15) is 22.9 Å². The zero-order valence-corrected chi connectivity index (χ0v) is 30.6. The van der Waals surface area contributed by atoms with Crippen molar-refractivity contribution in [2.75, 3.05) is 0 Å². The van der Waals surface area contributed by atoms with Crippen LogP contribution in [0.15, 0.2) is 109 Å². The molecule has 0 aliphatic carbocycles. The maximum atomic E-state index is 6.28. The van der Waals surface area contributed by atoms with Gasteiger partial charge in [-0.1, -0.05) is 68.2 Å². The van der Waals surface area contributed by atoms with Gasteiger partial charge in [-0.15, -0.1) is 92.2 Å². The Kier molecular flexibility index (Phi) is 10.5. The van der Waals surface area contributed by atoms with Crippen molar-refractivity contribution in [2.24, 2.45) is 0 Å². The standard InChI is InChI=1S/C40H27N7O2.2Pd/c1-40(2,3)38-43-45-39(46-44-38)47-36-24-30(48-28-12-8-10-26(22-28)34-14-4-6-20-41-34)16-18-32(36)33-19-17-31(25-37(33)47)49-29-13-9-11-27(23-29)35-15-5-7-21-42-35;;/h4-21H,1-3H3;;/q-4;2*+2. The van der Waals surface area contributed by atoms with Crippen molar-refractivity contribution in [3.8, 4) is 51.5 Å². The van der Waals surface area contributed by atoms with Gasteiger partial charge in [0.15, 0.2) is 5.82 Å². The van der Waals surface area contributed by atoms with Crippen molar-refractivity contribution in [3.63, 3.8) is 0 Å². The molecule has 4 aromatic carbocycles. The fourth-order valence-corrected chi connectivity index (χ4v) is 5.35. The maximum absolute atomic E-state index is 6.28. The van der Waals surface area contributed by atoms with E-state index in [1.807, 2.05) is 122 Å². The zero-order valence-electron chi connectivity index (χ0n) is 27.5. The molecule has 0 atom stereocenters. The summed E-state index contributed by atoms with van der Waals surface area (Å²) < 4.78 is 14.4. The zero-order chi connectivity index (χ0) is 33.4. The summed E-state index contributed by atoms with van der Waals surface area (Å²) in [5.41, 5.74) is 4.26. The Morgan fingerprint density at radius 3 is 1.41 bits per heavy atom. The third kappa shape index (κ3) is 7.49. The molecular formula is C40H27N7O2Pd2. The van der Waals surface area contributed by atoms with Gasteiger partial charge in [-0.25, -0.2) is 0 Å². The van der Waals surface area contributed by atoms with Gasteiger partial charge in [0.2, 0.25) is 0 Å². The number of ether oxygens (including phenoxy) is 2. The molecule has 11 heteroatoms.